The number of unbranched alkanes of at least 4 members (excludes halogenated alkanes) is 2. The molecule has 0 aliphatic carbocycles. The summed E-state index contributed by atoms with van der Waals surface area (Å²) in [4.78, 5) is 6.78. The van der Waals surface area contributed by atoms with E-state index < -0.39 is 0 Å². The van der Waals surface area contributed by atoms with Crippen LogP contribution in [0.4, 0.5) is 0 Å². The van der Waals surface area contributed by atoms with Gasteiger partial charge in [-0.15, -0.1) is 24.0 Å². The van der Waals surface area contributed by atoms with Crippen molar-refractivity contribution in [2.45, 2.75) is 72.4 Å². The van der Waals surface area contributed by atoms with Crippen molar-refractivity contribution < 1.29 is 0 Å². The number of nitrogens with zero attached hydrogens (tertiary/aromatic N) is 2. The highest BCUT2D eigenvalue weighted by Crippen LogP contribution is 2.05. The van der Waals surface area contributed by atoms with Gasteiger partial charge in [-0.25, -0.2) is 0 Å². The molecule has 0 fully saturated rings. The zero-order chi connectivity index (χ0) is 15.4. The van der Waals surface area contributed by atoms with Gasteiger partial charge in [0.05, 0.1) is 0 Å². The Bertz CT molecular complexity index is 247. The average molecular weight is 412 g/mol. The lowest BCUT2D eigenvalue weighted by atomic mass is 10.2. The van der Waals surface area contributed by atoms with Gasteiger partial charge in [-0.05, 0) is 40.5 Å². The van der Waals surface area contributed by atoms with Crippen LogP contribution in [0.1, 0.15) is 60.3 Å². The molecule has 0 saturated heterocycles. The van der Waals surface area contributed by atoms with Crippen molar-refractivity contribution in [2.75, 3.05) is 26.7 Å². The lowest BCUT2D eigenvalue weighted by Gasteiger charge is -2.30. The highest BCUT2D eigenvalue weighted by Gasteiger charge is 2.12. The topological polar surface area (TPSA) is 39.7 Å². The Morgan fingerprint density at radius 3 is 1.90 bits per heavy atom. The van der Waals surface area contributed by atoms with Gasteiger partial charge in [0.15, 0.2) is 5.96 Å². The summed E-state index contributed by atoms with van der Waals surface area (Å²) < 4.78 is 0. The first-order valence-electron chi connectivity index (χ1n) is 8.23. The predicted octanol–water partition coefficient (Wildman–Crippen LogP) is 3.47. The molecule has 0 aliphatic rings. The highest BCUT2D eigenvalue weighted by atomic mass is 127. The summed E-state index contributed by atoms with van der Waals surface area (Å²) in [6.45, 7) is 14.4. The van der Waals surface area contributed by atoms with Gasteiger partial charge in [0.1, 0.15) is 0 Å². The van der Waals surface area contributed by atoms with Crippen molar-refractivity contribution in [2.24, 2.45) is 4.99 Å². The summed E-state index contributed by atoms with van der Waals surface area (Å²) in [5, 5.41) is 6.75. The Morgan fingerprint density at radius 1 is 0.952 bits per heavy atom. The van der Waals surface area contributed by atoms with Crippen LogP contribution in [0.2, 0.25) is 0 Å². The van der Waals surface area contributed by atoms with E-state index in [2.05, 4.69) is 55.1 Å². The Labute approximate surface area is 149 Å². The normalized spacial score (nSPS) is 12.0. The van der Waals surface area contributed by atoms with Gasteiger partial charge in [-0.2, -0.15) is 0 Å². The zero-order valence-electron chi connectivity index (χ0n) is 14.9. The standard InChI is InChI=1S/C16H36N4.HI/c1-7-8-9-11-18-16(17-6)19-12-10-13-20(14(2)3)15(4)5;/h14-15H,7-13H2,1-6H3,(H2,17,18,19);1H. The molecule has 0 saturated carbocycles. The van der Waals surface area contributed by atoms with E-state index in [0.29, 0.717) is 12.1 Å². The van der Waals surface area contributed by atoms with E-state index in [-0.39, 0.29) is 24.0 Å². The number of rotatable bonds is 10. The molecule has 128 valence electrons. The quantitative estimate of drug-likeness (QED) is 0.250. The van der Waals surface area contributed by atoms with E-state index in [4.69, 9.17) is 0 Å². The van der Waals surface area contributed by atoms with Gasteiger partial charge in [0.2, 0.25) is 0 Å². The third kappa shape index (κ3) is 12.2. The minimum Gasteiger partial charge on any atom is -0.356 e. The number of halogens is 1. The summed E-state index contributed by atoms with van der Waals surface area (Å²) >= 11 is 0. The second kappa shape index (κ2) is 14.9. The van der Waals surface area contributed by atoms with E-state index in [9.17, 15) is 0 Å². The first-order valence-corrected chi connectivity index (χ1v) is 8.23. The number of hydrogen-bond donors (Lipinski definition) is 2. The van der Waals surface area contributed by atoms with Crippen molar-refractivity contribution in [3.05, 3.63) is 0 Å². The molecule has 0 radical (unpaired) electrons. The fraction of sp³-hybridized carbons (Fsp3) is 0.938. The number of guanidine groups is 1. The van der Waals surface area contributed by atoms with Crippen molar-refractivity contribution in [1.82, 2.24) is 15.5 Å². The van der Waals surface area contributed by atoms with E-state index in [1.165, 1.54) is 19.3 Å². The van der Waals surface area contributed by atoms with Crippen molar-refractivity contribution in [3.63, 3.8) is 0 Å². The highest BCUT2D eigenvalue weighted by molar-refractivity contribution is 14.0. The van der Waals surface area contributed by atoms with Crippen LogP contribution in [0.15, 0.2) is 4.99 Å². The molecule has 21 heavy (non-hydrogen) atoms. The minimum absolute atomic E-state index is 0. The van der Waals surface area contributed by atoms with Crippen LogP contribution in [0.25, 0.3) is 0 Å². The molecule has 0 aliphatic heterocycles. The minimum atomic E-state index is 0. The third-order valence-electron chi connectivity index (χ3n) is 3.51. The molecular formula is C16H37IN4. The zero-order valence-corrected chi connectivity index (χ0v) is 17.2. The molecule has 0 spiro atoms. The van der Waals surface area contributed by atoms with Crippen LogP contribution in [0, 0.1) is 0 Å². The molecule has 4 nitrogen and oxygen atoms in total. The van der Waals surface area contributed by atoms with E-state index in [1.54, 1.807) is 0 Å². The van der Waals surface area contributed by atoms with Gasteiger partial charge in [-0.3, -0.25) is 9.89 Å². The number of nitrogens with one attached hydrogen (secondary N) is 2. The molecule has 0 aromatic rings. The molecule has 0 aromatic carbocycles. The van der Waals surface area contributed by atoms with Gasteiger partial charge in [0, 0.05) is 38.8 Å². The summed E-state index contributed by atoms with van der Waals surface area (Å²) in [6.07, 6.45) is 4.90. The monoisotopic (exact) mass is 412 g/mol. The molecule has 5 heteroatoms. The van der Waals surface area contributed by atoms with Crippen molar-refractivity contribution in [1.29, 1.82) is 0 Å². The molecule has 0 unspecified atom stereocenters. The fourth-order valence-corrected chi connectivity index (χ4v) is 2.38. The Kier molecular flexibility index (Phi) is 16.5. The smallest absolute Gasteiger partial charge is 0.190 e. The van der Waals surface area contributed by atoms with Crippen LogP contribution in [-0.2, 0) is 0 Å². The molecule has 0 aromatic heterocycles. The Balaban J connectivity index is 0. The second-order valence-corrected chi connectivity index (χ2v) is 5.91. The summed E-state index contributed by atoms with van der Waals surface area (Å²) in [7, 11) is 1.84. The van der Waals surface area contributed by atoms with E-state index >= 15 is 0 Å². The Hall–Kier alpha value is -0.0400. The number of hydrogen-bond acceptors (Lipinski definition) is 2. The predicted molar refractivity (Wildman–Crippen MR) is 106 cm³/mol. The van der Waals surface area contributed by atoms with Gasteiger partial charge in [0.25, 0.3) is 0 Å². The van der Waals surface area contributed by atoms with Gasteiger partial charge in [-0.1, -0.05) is 19.8 Å². The first-order chi connectivity index (χ1) is 9.52. The molecule has 0 amide bonds. The van der Waals surface area contributed by atoms with Crippen LogP contribution in [-0.4, -0.2) is 49.6 Å². The molecule has 0 rings (SSSR count). The maximum atomic E-state index is 4.25. The largest absolute Gasteiger partial charge is 0.356 e. The summed E-state index contributed by atoms with van der Waals surface area (Å²) in [5.41, 5.74) is 0. The van der Waals surface area contributed by atoms with E-state index in [1.807, 2.05) is 7.05 Å². The first kappa shape index (κ1) is 23.2. The van der Waals surface area contributed by atoms with E-state index in [0.717, 1.165) is 32.0 Å². The van der Waals surface area contributed by atoms with Gasteiger partial charge >= 0.3 is 0 Å². The van der Waals surface area contributed by atoms with Gasteiger partial charge < -0.3 is 10.6 Å². The number of aliphatic imine (C=N–C) groups is 1. The van der Waals surface area contributed by atoms with Crippen molar-refractivity contribution >= 4 is 29.9 Å². The molecule has 0 heterocycles. The molecular weight excluding hydrogens is 375 g/mol. The second-order valence-electron chi connectivity index (χ2n) is 5.91. The summed E-state index contributed by atoms with van der Waals surface area (Å²) in [5.74, 6) is 0.932. The van der Waals surface area contributed by atoms with Crippen molar-refractivity contribution in [3.8, 4) is 0 Å². The summed E-state index contributed by atoms with van der Waals surface area (Å²) in [6, 6.07) is 1.22. The van der Waals surface area contributed by atoms with Crippen LogP contribution in [0.5, 0.6) is 0 Å². The average Bonchev–Trinajstić information content (AvgIpc) is 2.39. The SMILES string of the molecule is CCCCCNC(=NC)NCCCN(C(C)C)C(C)C.I. The fourth-order valence-electron chi connectivity index (χ4n) is 2.38. The maximum absolute atomic E-state index is 4.25. The van der Waals surface area contributed by atoms with Crippen LogP contribution >= 0.6 is 24.0 Å². The van der Waals surface area contributed by atoms with Crippen LogP contribution < -0.4 is 10.6 Å². The third-order valence-corrected chi connectivity index (χ3v) is 3.51. The lowest BCUT2D eigenvalue weighted by Crippen LogP contribution is -2.41. The molecule has 2 N–H and O–H groups in total. The molecule has 0 atom stereocenters. The van der Waals surface area contributed by atoms with Crippen LogP contribution in [0.3, 0.4) is 0 Å². The lowest BCUT2D eigenvalue weighted by molar-refractivity contribution is 0.173. The maximum Gasteiger partial charge on any atom is 0.190 e. The molecule has 0 bridgehead atoms. The Morgan fingerprint density at radius 2 is 1.48 bits per heavy atom.